The maximum atomic E-state index is 5.16. The lowest BCUT2D eigenvalue weighted by Crippen LogP contribution is -2.19. The summed E-state index contributed by atoms with van der Waals surface area (Å²) in [7, 11) is 0. The van der Waals surface area contributed by atoms with Crippen LogP contribution in [0.15, 0.2) is 188 Å². The average molecular weight is 787 g/mol. The molecule has 0 aliphatic heterocycles. The summed E-state index contributed by atoms with van der Waals surface area (Å²) in [4.78, 5) is 30.3. The summed E-state index contributed by atoms with van der Waals surface area (Å²) < 4.78 is 0. The van der Waals surface area contributed by atoms with Gasteiger partial charge < -0.3 is 0 Å². The smallest absolute Gasteiger partial charge is 0.164 e. The van der Waals surface area contributed by atoms with Crippen LogP contribution < -0.4 is 0 Å². The first-order chi connectivity index (χ1) is 30.1. The number of hydrogen-bond acceptors (Lipinski definition) is 6. The minimum Gasteiger partial charge on any atom is -0.208 e. The molecule has 0 amide bonds. The van der Waals surface area contributed by atoms with Crippen molar-refractivity contribution in [2.75, 3.05) is 0 Å². The molecular formula is C55H42N6. The molecule has 6 heteroatoms. The summed E-state index contributed by atoms with van der Waals surface area (Å²) in [5.74, 6) is 4.76. The highest BCUT2D eigenvalue weighted by Crippen LogP contribution is 2.55. The molecule has 0 N–H and O–H groups in total. The fourth-order valence-corrected chi connectivity index (χ4v) is 9.40. The minimum atomic E-state index is 0.299. The zero-order valence-electron chi connectivity index (χ0n) is 33.7. The van der Waals surface area contributed by atoms with Crippen LogP contribution in [0.3, 0.4) is 0 Å². The van der Waals surface area contributed by atoms with Crippen LogP contribution >= 0.6 is 0 Å². The van der Waals surface area contributed by atoms with Crippen molar-refractivity contribution in [3.05, 3.63) is 194 Å². The molecule has 0 atom stereocenters. The van der Waals surface area contributed by atoms with Crippen LogP contribution in [0.25, 0.3) is 90.6 Å². The van der Waals surface area contributed by atoms with Gasteiger partial charge in [0.15, 0.2) is 34.9 Å². The fourth-order valence-electron chi connectivity index (χ4n) is 9.40. The molecule has 11 rings (SSSR count). The van der Waals surface area contributed by atoms with Crippen LogP contribution in [-0.4, -0.2) is 29.9 Å². The lowest BCUT2D eigenvalue weighted by Gasteiger charge is -2.27. The van der Waals surface area contributed by atoms with Crippen molar-refractivity contribution in [2.45, 2.75) is 37.5 Å². The summed E-state index contributed by atoms with van der Waals surface area (Å²) in [6.45, 7) is 0. The van der Waals surface area contributed by atoms with Gasteiger partial charge in [0.1, 0.15) is 0 Å². The number of benzene rings is 7. The summed E-state index contributed by atoms with van der Waals surface area (Å²) in [5.41, 5.74) is 11.8. The maximum Gasteiger partial charge on any atom is 0.164 e. The van der Waals surface area contributed by atoms with E-state index in [1.165, 1.54) is 37.7 Å². The van der Waals surface area contributed by atoms with E-state index in [9.17, 15) is 0 Å². The first-order valence-corrected chi connectivity index (χ1v) is 21.2. The van der Waals surface area contributed by atoms with Crippen molar-refractivity contribution in [1.82, 2.24) is 29.9 Å². The molecular weight excluding hydrogens is 745 g/mol. The van der Waals surface area contributed by atoms with E-state index in [-0.39, 0.29) is 0 Å². The van der Waals surface area contributed by atoms with Gasteiger partial charge in [-0.25, -0.2) is 29.9 Å². The number of hydrogen-bond donors (Lipinski definition) is 0. The third-order valence-corrected chi connectivity index (χ3v) is 12.6. The Labute approximate surface area is 356 Å². The van der Waals surface area contributed by atoms with Gasteiger partial charge in [0.2, 0.25) is 0 Å². The zero-order valence-corrected chi connectivity index (χ0v) is 33.7. The van der Waals surface area contributed by atoms with Gasteiger partial charge in [0.05, 0.1) is 0 Å². The van der Waals surface area contributed by atoms with Gasteiger partial charge in [-0.2, -0.15) is 0 Å². The highest BCUT2D eigenvalue weighted by Gasteiger charge is 2.45. The topological polar surface area (TPSA) is 77.3 Å². The lowest BCUT2D eigenvalue weighted by atomic mass is 9.77. The SMILES string of the molecule is c1ccc(-c2cccc(-c3nc(-c4ccccc4)nc(-c4ccc(-c5cccc(-c6nc(-c7ccccc7)nc(-c7cccc(C89CCC(CC8)C9)c7)n6)c5)cc4)n3)c2)cc1. The number of rotatable bonds is 9. The summed E-state index contributed by atoms with van der Waals surface area (Å²) >= 11 is 0. The molecule has 2 aromatic heterocycles. The molecule has 292 valence electrons. The van der Waals surface area contributed by atoms with Crippen molar-refractivity contribution < 1.29 is 0 Å². The Hall–Kier alpha value is -7.44. The molecule has 2 bridgehead atoms. The fraction of sp³-hybridized carbons (Fsp3) is 0.127. The van der Waals surface area contributed by atoms with E-state index in [1.54, 1.807) is 0 Å². The van der Waals surface area contributed by atoms with Crippen LogP contribution in [0.4, 0.5) is 0 Å². The van der Waals surface area contributed by atoms with E-state index in [1.807, 2.05) is 54.6 Å². The standard InChI is InChI=1S/C55H42N6/c1-4-13-38(14-5-1)43-19-10-21-45(33-43)52-57-49(40-15-6-2-7-16-40)56-51(60-52)42-27-25-39(26-28-42)44-20-11-22-46(34-44)53-58-50(41-17-8-3-9-18-41)59-54(61-53)47-23-12-24-48(35-47)55-31-29-37(36-55)30-32-55/h1-28,33-35,37H,29-32,36H2. The van der Waals surface area contributed by atoms with Crippen LogP contribution in [0, 0.1) is 5.92 Å². The summed E-state index contributed by atoms with van der Waals surface area (Å²) in [6.07, 6.45) is 6.55. The predicted molar refractivity (Wildman–Crippen MR) is 245 cm³/mol. The first-order valence-electron chi connectivity index (χ1n) is 21.2. The highest BCUT2D eigenvalue weighted by molar-refractivity contribution is 5.76. The van der Waals surface area contributed by atoms with Crippen LogP contribution in [0.1, 0.15) is 37.7 Å². The first kappa shape index (κ1) is 36.6. The normalized spacial score (nSPS) is 16.8. The molecule has 2 aliphatic rings. The van der Waals surface area contributed by atoms with E-state index in [2.05, 4.69) is 133 Å². The molecule has 0 saturated heterocycles. The molecule has 9 aromatic rings. The van der Waals surface area contributed by atoms with Crippen molar-refractivity contribution in [2.24, 2.45) is 5.92 Å². The number of fused-ring (bicyclic) bond motifs is 2. The highest BCUT2D eigenvalue weighted by atomic mass is 15.0. The van der Waals surface area contributed by atoms with Crippen molar-refractivity contribution in [3.63, 3.8) is 0 Å². The van der Waals surface area contributed by atoms with E-state index >= 15 is 0 Å². The Morgan fingerprint density at radius 2 is 0.623 bits per heavy atom. The second-order valence-electron chi connectivity index (χ2n) is 16.5. The monoisotopic (exact) mass is 786 g/mol. The van der Waals surface area contributed by atoms with Gasteiger partial charge in [-0.05, 0) is 89.5 Å². The van der Waals surface area contributed by atoms with Crippen molar-refractivity contribution in [3.8, 4) is 90.6 Å². The lowest BCUT2D eigenvalue weighted by molar-refractivity contribution is 0.419. The molecule has 0 unspecified atom stereocenters. The molecule has 6 nitrogen and oxygen atoms in total. The Morgan fingerprint density at radius 3 is 1.07 bits per heavy atom. The van der Waals surface area contributed by atoms with Crippen LogP contribution in [-0.2, 0) is 5.41 Å². The van der Waals surface area contributed by atoms with Gasteiger partial charge in [-0.15, -0.1) is 0 Å². The van der Waals surface area contributed by atoms with E-state index in [4.69, 9.17) is 29.9 Å². The molecule has 7 aromatic carbocycles. The van der Waals surface area contributed by atoms with Gasteiger partial charge in [-0.3, -0.25) is 0 Å². The van der Waals surface area contributed by atoms with Crippen molar-refractivity contribution >= 4 is 0 Å². The Balaban J connectivity index is 0.941. The zero-order chi connectivity index (χ0) is 40.6. The van der Waals surface area contributed by atoms with Crippen LogP contribution in [0.2, 0.25) is 0 Å². The minimum absolute atomic E-state index is 0.299. The molecule has 2 saturated carbocycles. The molecule has 0 radical (unpaired) electrons. The summed E-state index contributed by atoms with van der Waals surface area (Å²) in [6, 6.07) is 65.0. The maximum absolute atomic E-state index is 5.16. The molecule has 2 fully saturated rings. The Bertz CT molecular complexity index is 3000. The average Bonchev–Trinajstić information content (AvgIpc) is 3.98. The van der Waals surface area contributed by atoms with E-state index in [0.717, 1.165) is 61.6 Å². The number of aromatic nitrogens is 6. The molecule has 0 spiro atoms. The van der Waals surface area contributed by atoms with Gasteiger partial charge in [-0.1, -0.05) is 170 Å². The van der Waals surface area contributed by atoms with E-state index in [0.29, 0.717) is 40.4 Å². The molecule has 61 heavy (non-hydrogen) atoms. The van der Waals surface area contributed by atoms with Gasteiger partial charge in [0, 0.05) is 33.4 Å². The van der Waals surface area contributed by atoms with Crippen molar-refractivity contribution in [1.29, 1.82) is 0 Å². The Kier molecular flexibility index (Phi) is 9.38. The van der Waals surface area contributed by atoms with Crippen LogP contribution in [0.5, 0.6) is 0 Å². The molecule has 2 aliphatic carbocycles. The third kappa shape index (κ3) is 7.31. The Morgan fingerprint density at radius 1 is 0.295 bits per heavy atom. The molecule has 2 heterocycles. The number of nitrogens with zero attached hydrogens (tertiary/aromatic N) is 6. The largest absolute Gasteiger partial charge is 0.208 e. The van der Waals surface area contributed by atoms with Gasteiger partial charge >= 0.3 is 0 Å². The third-order valence-electron chi connectivity index (χ3n) is 12.6. The predicted octanol–water partition coefficient (Wildman–Crippen LogP) is 13.2. The quantitative estimate of drug-likeness (QED) is 0.145. The van der Waals surface area contributed by atoms with E-state index < -0.39 is 0 Å². The summed E-state index contributed by atoms with van der Waals surface area (Å²) in [5, 5.41) is 0. The van der Waals surface area contributed by atoms with Gasteiger partial charge in [0.25, 0.3) is 0 Å². The second-order valence-corrected chi connectivity index (χ2v) is 16.5. The second kappa shape index (κ2) is 15.6.